The average molecular weight is 563 g/mol. The van der Waals surface area contributed by atoms with Crippen molar-refractivity contribution in [2.24, 2.45) is 5.92 Å². The molecule has 0 unspecified atom stereocenters. The molecule has 1 aliphatic rings. The van der Waals surface area contributed by atoms with Crippen LogP contribution in [0.4, 0.5) is 4.39 Å². The Morgan fingerprint density at radius 2 is 1.78 bits per heavy atom. The Morgan fingerprint density at radius 3 is 2.41 bits per heavy atom. The van der Waals surface area contributed by atoms with Crippen LogP contribution in [0.25, 0.3) is 11.1 Å². The van der Waals surface area contributed by atoms with E-state index < -0.39 is 24.0 Å². The van der Waals surface area contributed by atoms with Crippen LogP contribution in [-0.4, -0.2) is 44.5 Å². The zero-order valence-electron chi connectivity index (χ0n) is 24.2. The van der Waals surface area contributed by atoms with Gasteiger partial charge in [0.2, 0.25) is 5.91 Å². The highest BCUT2D eigenvalue weighted by Gasteiger charge is 2.28. The van der Waals surface area contributed by atoms with E-state index in [-0.39, 0.29) is 23.7 Å². The second kappa shape index (κ2) is 13.2. The fourth-order valence-corrected chi connectivity index (χ4v) is 5.74. The van der Waals surface area contributed by atoms with Gasteiger partial charge in [-0.15, -0.1) is 0 Å². The van der Waals surface area contributed by atoms with Gasteiger partial charge in [0.05, 0.1) is 12.5 Å². The molecular weight excluding hydrogens is 523 g/mol. The largest absolute Gasteiger partial charge is 0.481 e. The summed E-state index contributed by atoms with van der Waals surface area (Å²) in [4.78, 5) is 45.8. The summed E-state index contributed by atoms with van der Waals surface area (Å²) in [5.74, 6) is -1.74. The topological polar surface area (TPSA) is 105 Å². The summed E-state index contributed by atoms with van der Waals surface area (Å²) >= 11 is 0. The molecule has 0 bridgehead atoms. The first-order valence-corrected chi connectivity index (χ1v) is 14.2. The number of rotatable bonds is 11. The lowest BCUT2D eigenvalue weighted by molar-refractivity contribution is -0.138. The molecule has 41 heavy (non-hydrogen) atoms. The second-order valence-corrected chi connectivity index (χ2v) is 11.5. The number of carbonyl (C=O) groups excluding carboxylic acids is 1. The predicted molar refractivity (Wildman–Crippen MR) is 156 cm³/mol. The fourth-order valence-electron chi connectivity index (χ4n) is 5.74. The molecule has 2 aromatic heterocycles. The van der Waals surface area contributed by atoms with Gasteiger partial charge in [-0.25, -0.2) is 4.39 Å². The van der Waals surface area contributed by atoms with Crippen LogP contribution in [0.3, 0.4) is 0 Å². The molecule has 0 radical (unpaired) electrons. The lowest BCUT2D eigenvalue weighted by Gasteiger charge is -2.26. The maximum atomic E-state index is 13.9. The zero-order chi connectivity index (χ0) is 29.7. The number of pyridine rings is 2. The minimum absolute atomic E-state index is 0.104. The molecule has 4 rings (SSSR count). The van der Waals surface area contributed by atoms with Gasteiger partial charge < -0.3 is 15.0 Å². The Morgan fingerprint density at radius 1 is 1.10 bits per heavy atom. The van der Waals surface area contributed by atoms with E-state index in [1.165, 1.54) is 22.9 Å². The summed E-state index contributed by atoms with van der Waals surface area (Å²) in [5.41, 5.74) is 3.91. The average Bonchev–Trinajstić information content (AvgIpc) is 3.41. The summed E-state index contributed by atoms with van der Waals surface area (Å²) in [6.07, 6.45) is 7.08. The summed E-state index contributed by atoms with van der Waals surface area (Å²) < 4.78 is 15.4. The summed E-state index contributed by atoms with van der Waals surface area (Å²) in [6.45, 7) is 10.0. The summed E-state index contributed by atoms with van der Waals surface area (Å²) in [5, 5.41) is 12.6. The van der Waals surface area contributed by atoms with Crippen molar-refractivity contribution in [1.29, 1.82) is 0 Å². The maximum absolute atomic E-state index is 13.9. The van der Waals surface area contributed by atoms with Crippen molar-refractivity contribution < 1.29 is 19.1 Å². The molecule has 3 heterocycles. The van der Waals surface area contributed by atoms with Crippen molar-refractivity contribution in [2.45, 2.75) is 72.0 Å². The van der Waals surface area contributed by atoms with E-state index in [2.05, 4.69) is 15.2 Å². The molecule has 218 valence electrons. The zero-order valence-corrected chi connectivity index (χ0v) is 24.2. The second-order valence-electron chi connectivity index (χ2n) is 11.5. The van der Waals surface area contributed by atoms with Crippen LogP contribution in [0.1, 0.15) is 73.9 Å². The lowest BCUT2D eigenvalue weighted by atomic mass is 9.94. The van der Waals surface area contributed by atoms with Gasteiger partial charge in [0.25, 0.3) is 5.56 Å². The molecule has 2 atom stereocenters. The van der Waals surface area contributed by atoms with Crippen molar-refractivity contribution >= 4 is 11.9 Å². The van der Waals surface area contributed by atoms with Crippen LogP contribution in [0.2, 0.25) is 0 Å². The van der Waals surface area contributed by atoms with Gasteiger partial charge in [-0.3, -0.25) is 24.3 Å². The number of aryl methyl sites for hydroxylation is 2. The Labute approximate surface area is 240 Å². The van der Waals surface area contributed by atoms with Gasteiger partial charge in [-0.2, -0.15) is 0 Å². The highest BCUT2D eigenvalue weighted by atomic mass is 19.1. The third-order valence-corrected chi connectivity index (χ3v) is 7.62. The number of aromatic nitrogens is 2. The van der Waals surface area contributed by atoms with Gasteiger partial charge in [0.15, 0.2) is 0 Å². The minimum Gasteiger partial charge on any atom is -0.481 e. The van der Waals surface area contributed by atoms with Crippen molar-refractivity contribution in [3.8, 4) is 11.1 Å². The maximum Gasteiger partial charge on any atom is 0.305 e. The number of benzene rings is 1. The number of nitrogens with one attached hydrogen (secondary N) is 1. The SMILES string of the molecule is Cc1cc(F)cc(C)c1-c1cncc([C@H](CC(=O)O)NC(=O)[C@H](CC(C)C)n2cccc(CN3CCCC3)c2=O)c1. The number of carboxylic acid groups (broad SMARTS) is 1. The van der Waals surface area contributed by atoms with E-state index in [0.717, 1.165) is 42.6 Å². The first-order valence-electron chi connectivity index (χ1n) is 14.2. The Kier molecular flexibility index (Phi) is 9.70. The first kappa shape index (κ1) is 30.1. The van der Waals surface area contributed by atoms with Crippen LogP contribution in [0.15, 0.2) is 53.7 Å². The normalized spacial score (nSPS) is 15.2. The van der Waals surface area contributed by atoms with Crippen LogP contribution < -0.4 is 10.9 Å². The molecule has 1 saturated heterocycles. The van der Waals surface area contributed by atoms with Gasteiger partial charge in [-0.1, -0.05) is 19.9 Å². The van der Waals surface area contributed by atoms with E-state index in [4.69, 9.17) is 0 Å². The van der Waals surface area contributed by atoms with E-state index in [1.807, 2.05) is 19.9 Å². The third kappa shape index (κ3) is 7.47. The van der Waals surface area contributed by atoms with Crippen molar-refractivity contribution in [3.63, 3.8) is 0 Å². The van der Waals surface area contributed by atoms with Gasteiger partial charge in [0.1, 0.15) is 11.9 Å². The lowest BCUT2D eigenvalue weighted by Crippen LogP contribution is -2.41. The number of carboxylic acids is 1. The molecule has 1 aromatic carbocycles. The van der Waals surface area contributed by atoms with Gasteiger partial charge in [0, 0.05) is 36.3 Å². The molecule has 1 aliphatic heterocycles. The molecule has 2 N–H and O–H groups in total. The van der Waals surface area contributed by atoms with Crippen molar-refractivity contribution in [3.05, 3.63) is 87.3 Å². The first-order chi connectivity index (χ1) is 19.5. The number of aliphatic carboxylic acids is 1. The van der Waals surface area contributed by atoms with E-state index in [1.54, 1.807) is 38.4 Å². The van der Waals surface area contributed by atoms with Crippen LogP contribution in [0.5, 0.6) is 0 Å². The predicted octanol–water partition coefficient (Wildman–Crippen LogP) is 5.18. The Bertz CT molecular complexity index is 1440. The van der Waals surface area contributed by atoms with Gasteiger partial charge >= 0.3 is 5.97 Å². The summed E-state index contributed by atoms with van der Waals surface area (Å²) in [6, 6.07) is 6.58. The van der Waals surface area contributed by atoms with Gasteiger partial charge in [-0.05, 0) is 98.6 Å². The Hall–Kier alpha value is -3.85. The molecule has 0 saturated carbocycles. The quantitative estimate of drug-likeness (QED) is 0.334. The monoisotopic (exact) mass is 562 g/mol. The third-order valence-electron chi connectivity index (χ3n) is 7.62. The fraction of sp³-hybridized carbons (Fsp3) is 0.438. The standard InChI is InChI=1S/C32H39FN4O4/c1-20(2)12-28(37-11-7-8-23(32(37)41)19-36-9-5-6-10-36)31(40)35-27(16-29(38)39)24-15-25(18-34-17-24)30-21(3)13-26(33)14-22(30)4/h7-8,11,13-15,17-18,20,27-28H,5-6,9-10,12,16,19H2,1-4H3,(H,35,40)(H,38,39)/t27-,28-/m0/s1. The van der Waals surface area contributed by atoms with Crippen LogP contribution in [0, 0.1) is 25.6 Å². The number of halogens is 1. The molecule has 1 fully saturated rings. The number of hydrogen-bond donors (Lipinski definition) is 2. The molecule has 8 nitrogen and oxygen atoms in total. The van der Waals surface area contributed by atoms with Crippen LogP contribution >= 0.6 is 0 Å². The van der Waals surface area contributed by atoms with E-state index >= 15 is 0 Å². The highest BCUT2D eigenvalue weighted by Crippen LogP contribution is 2.30. The Balaban J connectivity index is 1.66. The number of amides is 1. The van der Waals surface area contributed by atoms with E-state index in [0.29, 0.717) is 29.7 Å². The molecule has 0 spiro atoms. The summed E-state index contributed by atoms with van der Waals surface area (Å²) in [7, 11) is 0. The van der Waals surface area contributed by atoms with Crippen molar-refractivity contribution in [1.82, 2.24) is 19.8 Å². The molecule has 3 aromatic rings. The highest BCUT2D eigenvalue weighted by molar-refractivity contribution is 5.82. The number of hydrogen-bond acceptors (Lipinski definition) is 5. The molecular formula is C32H39FN4O4. The van der Waals surface area contributed by atoms with Crippen LogP contribution in [-0.2, 0) is 16.1 Å². The molecule has 1 amide bonds. The smallest absolute Gasteiger partial charge is 0.305 e. The molecule has 9 heteroatoms. The number of nitrogens with zero attached hydrogens (tertiary/aromatic N) is 3. The van der Waals surface area contributed by atoms with Crippen molar-refractivity contribution in [2.75, 3.05) is 13.1 Å². The number of carbonyl (C=O) groups is 2. The minimum atomic E-state index is -1.08. The van der Waals surface area contributed by atoms with E-state index in [9.17, 15) is 23.9 Å². The molecule has 0 aliphatic carbocycles. The number of likely N-dealkylation sites (tertiary alicyclic amines) is 1.